The molecule has 0 unspecified atom stereocenters. The highest BCUT2D eigenvalue weighted by molar-refractivity contribution is 5.55. The maximum absolute atomic E-state index is 5.11. The standard InChI is InChI=1S/C20H26N6O/c1-15-6-4-7-18(10-15)19-22-12-17(13-23-19)11-21-16(2)20-25-24-14-26(20)8-5-9-27-3/h4,6-7,10,12-14,16,21H,5,8-9,11H2,1-3H3/t16-/m1/s1. The lowest BCUT2D eigenvalue weighted by Gasteiger charge is -2.14. The van der Waals surface area contributed by atoms with E-state index in [4.69, 9.17) is 4.74 Å². The van der Waals surface area contributed by atoms with Crippen LogP contribution in [0.15, 0.2) is 43.0 Å². The Morgan fingerprint density at radius 2 is 2.04 bits per heavy atom. The number of nitrogens with one attached hydrogen (secondary N) is 1. The Morgan fingerprint density at radius 3 is 2.78 bits per heavy atom. The van der Waals surface area contributed by atoms with Crippen molar-refractivity contribution in [3.05, 3.63) is 59.9 Å². The molecule has 0 saturated heterocycles. The number of methoxy groups -OCH3 is 1. The van der Waals surface area contributed by atoms with Crippen molar-refractivity contribution < 1.29 is 4.74 Å². The number of rotatable bonds is 9. The van der Waals surface area contributed by atoms with Gasteiger partial charge in [-0.3, -0.25) is 0 Å². The van der Waals surface area contributed by atoms with Crippen LogP contribution in [0.5, 0.6) is 0 Å². The Hall–Kier alpha value is -2.64. The molecule has 27 heavy (non-hydrogen) atoms. The first-order valence-corrected chi connectivity index (χ1v) is 9.15. The van der Waals surface area contributed by atoms with Crippen LogP contribution in [-0.4, -0.2) is 38.4 Å². The highest BCUT2D eigenvalue weighted by Crippen LogP contribution is 2.16. The van der Waals surface area contributed by atoms with Crippen molar-refractivity contribution in [1.82, 2.24) is 30.0 Å². The van der Waals surface area contributed by atoms with E-state index in [1.807, 2.05) is 24.5 Å². The summed E-state index contributed by atoms with van der Waals surface area (Å²) in [5.41, 5.74) is 3.26. The van der Waals surface area contributed by atoms with E-state index in [0.717, 1.165) is 42.3 Å². The fourth-order valence-corrected chi connectivity index (χ4v) is 2.89. The van der Waals surface area contributed by atoms with Crippen molar-refractivity contribution in [2.45, 2.75) is 39.4 Å². The first-order valence-electron chi connectivity index (χ1n) is 9.15. The van der Waals surface area contributed by atoms with E-state index in [2.05, 4.69) is 56.0 Å². The van der Waals surface area contributed by atoms with Crippen LogP contribution in [0, 0.1) is 6.92 Å². The number of hydrogen-bond donors (Lipinski definition) is 1. The summed E-state index contributed by atoms with van der Waals surface area (Å²) in [4.78, 5) is 9.00. The number of aromatic nitrogens is 5. The predicted octanol–water partition coefficient (Wildman–Crippen LogP) is 2.93. The van der Waals surface area contributed by atoms with Crippen molar-refractivity contribution in [1.29, 1.82) is 0 Å². The second-order valence-corrected chi connectivity index (χ2v) is 6.62. The van der Waals surface area contributed by atoms with Gasteiger partial charge in [0.25, 0.3) is 0 Å². The van der Waals surface area contributed by atoms with Crippen LogP contribution in [0.3, 0.4) is 0 Å². The molecule has 0 saturated carbocycles. The van der Waals surface area contributed by atoms with Crippen LogP contribution < -0.4 is 5.32 Å². The molecule has 0 aliphatic carbocycles. The number of benzene rings is 1. The Labute approximate surface area is 159 Å². The van der Waals surface area contributed by atoms with E-state index in [0.29, 0.717) is 6.54 Å². The van der Waals surface area contributed by atoms with Crippen LogP contribution in [0.4, 0.5) is 0 Å². The molecule has 0 amide bonds. The second kappa shape index (κ2) is 9.34. The largest absolute Gasteiger partial charge is 0.385 e. The number of ether oxygens (including phenoxy) is 1. The smallest absolute Gasteiger partial charge is 0.159 e. The summed E-state index contributed by atoms with van der Waals surface area (Å²) in [6.45, 7) is 6.39. The van der Waals surface area contributed by atoms with Gasteiger partial charge in [0.1, 0.15) is 12.2 Å². The van der Waals surface area contributed by atoms with Gasteiger partial charge in [-0.1, -0.05) is 23.8 Å². The highest BCUT2D eigenvalue weighted by Gasteiger charge is 2.13. The third-order valence-electron chi connectivity index (χ3n) is 4.37. The zero-order valence-electron chi connectivity index (χ0n) is 16.1. The lowest BCUT2D eigenvalue weighted by molar-refractivity contribution is 0.189. The molecule has 0 fully saturated rings. The van der Waals surface area contributed by atoms with Gasteiger partial charge in [0.2, 0.25) is 0 Å². The molecular weight excluding hydrogens is 340 g/mol. The van der Waals surface area contributed by atoms with Crippen LogP contribution >= 0.6 is 0 Å². The molecule has 0 bridgehead atoms. The molecule has 0 aliphatic rings. The van der Waals surface area contributed by atoms with Gasteiger partial charge in [0.15, 0.2) is 5.82 Å². The normalized spacial score (nSPS) is 12.3. The molecule has 1 aromatic carbocycles. The Bertz CT molecular complexity index is 846. The molecule has 3 aromatic rings. The zero-order valence-corrected chi connectivity index (χ0v) is 16.1. The first-order chi connectivity index (χ1) is 13.2. The molecule has 2 heterocycles. The molecule has 2 aromatic heterocycles. The maximum Gasteiger partial charge on any atom is 0.159 e. The minimum atomic E-state index is 0.0755. The van der Waals surface area contributed by atoms with Gasteiger partial charge in [-0.15, -0.1) is 10.2 Å². The van der Waals surface area contributed by atoms with Gasteiger partial charge in [0.05, 0.1) is 6.04 Å². The SMILES string of the molecule is COCCCn1cnnc1[C@@H](C)NCc1cnc(-c2cccc(C)c2)nc1. The number of nitrogens with zero attached hydrogens (tertiary/aromatic N) is 5. The van der Waals surface area contributed by atoms with Crippen molar-refractivity contribution >= 4 is 0 Å². The predicted molar refractivity (Wildman–Crippen MR) is 104 cm³/mol. The summed E-state index contributed by atoms with van der Waals surface area (Å²) in [5, 5.41) is 11.8. The van der Waals surface area contributed by atoms with Gasteiger partial charge >= 0.3 is 0 Å². The van der Waals surface area contributed by atoms with E-state index >= 15 is 0 Å². The summed E-state index contributed by atoms with van der Waals surface area (Å²) < 4.78 is 7.17. The lowest BCUT2D eigenvalue weighted by Crippen LogP contribution is -2.22. The summed E-state index contributed by atoms with van der Waals surface area (Å²) in [6, 6.07) is 8.28. The molecule has 1 N–H and O–H groups in total. The minimum Gasteiger partial charge on any atom is -0.385 e. The zero-order chi connectivity index (χ0) is 19.1. The Morgan fingerprint density at radius 1 is 1.22 bits per heavy atom. The molecule has 0 spiro atoms. The molecule has 7 nitrogen and oxygen atoms in total. The van der Waals surface area contributed by atoms with Crippen LogP contribution in [0.2, 0.25) is 0 Å². The summed E-state index contributed by atoms with van der Waals surface area (Å²) in [5.74, 6) is 1.66. The average molecular weight is 366 g/mol. The van der Waals surface area contributed by atoms with E-state index in [1.54, 1.807) is 13.4 Å². The monoisotopic (exact) mass is 366 g/mol. The molecule has 0 radical (unpaired) electrons. The molecule has 7 heteroatoms. The highest BCUT2D eigenvalue weighted by atomic mass is 16.5. The molecule has 142 valence electrons. The van der Waals surface area contributed by atoms with Gasteiger partial charge in [-0.05, 0) is 26.3 Å². The van der Waals surface area contributed by atoms with Gasteiger partial charge in [0, 0.05) is 50.3 Å². The number of aryl methyl sites for hydroxylation is 2. The summed E-state index contributed by atoms with van der Waals surface area (Å²) in [7, 11) is 1.71. The fraction of sp³-hybridized carbons (Fsp3) is 0.400. The van der Waals surface area contributed by atoms with Crippen molar-refractivity contribution in [3.8, 4) is 11.4 Å². The molecule has 1 atom stereocenters. The van der Waals surface area contributed by atoms with E-state index in [-0.39, 0.29) is 6.04 Å². The Kier molecular flexibility index (Phi) is 6.62. The van der Waals surface area contributed by atoms with Crippen LogP contribution in [-0.2, 0) is 17.8 Å². The Balaban J connectivity index is 1.58. The summed E-state index contributed by atoms with van der Waals surface area (Å²) >= 11 is 0. The van der Waals surface area contributed by atoms with Crippen molar-refractivity contribution in [2.24, 2.45) is 0 Å². The van der Waals surface area contributed by atoms with Gasteiger partial charge in [-0.25, -0.2) is 9.97 Å². The summed E-state index contributed by atoms with van der Waals surface area (Å²) in [6.07, 6.45) is 6.44. The third kappa shape index (κ3) is 5.18. The van der Waals surface area contributed by atoms with Crippen LogP contribution in [0.25, 0.3) is 11.4 Å². The second-order valence-electron chi connectivity index (χ2n) is 6.62. The van der Waals surface area contributed by atoms with Crippen molar-refractivity contribution in [2.75, 3.05) is 13.7 Å². The lowest BCUT2D eigenvalue weighted by atomic mass is 10.1. The van der Waals surface area contributed by atoms with E-state index in [9.17, 15) is 0 Å². The van der Waals surface area contributed by atoms with Crippen LogP contribution in [0.1, 0.15) is 36.3 Å². The first kappa shape index (κ1) is 19.1. The molecular formula is C20H26N6O. The maximum atomic E-state index is 5.11. The molecule has 0 aliphatic heterocycles. The van der Waals surface area contributed by atoms with E-state index in [1.165, 1.54) is 5.56 Å². The number of hydrogen-bond acceptors (Lipinski definition) is 6. The fourth-order valence-electron chi connectivity index (χ4n) is 2.89. The minimum absolute atomic E-state index is 0.0755. The topological polar surface area (TPSA) is 77.8 Å². The van der Waals surface area contributed by atoms with Crippen molar-refractivity contribution in [3.63, 3.8) is 0 Å². The third-order valence-corrected chi connectivity index (χ3v) is 4.37. The molecule has 3 rings (SSSR count). The van der Waals surface area contributed by atoms with E-state index < -0.39 is 0 Å². The van der Waals surface area contributed by atoms with Gasteiger partial charge < -0.3 is 14.6 Å². The average Bonchev–Trinajstić information content (AvgIpc) is 3.15. The quantitative estimate of drug-likeness (QED) is 0.587. The van der Waals surface area contributed by atoms with Gasteiger partial charge in [-0.2, -0.15) is 0 Å².